The fourth-order valence-corrected chi connectivity index (χ4v) is 3.91. The molecular formula is C13H21N3S. The number of hydrogen-bond donors (Lipinski definition) is 2. The second-order valence-electron chi connectivity index (χ2n) is 5.51. The van der Waals surface area contributed by atoms with E-state index in [1.54, 1.807) is 11.3 Å². The normalized spacial score (nSPS) is 24.9. The van der Waals surface area contributed by atoms with Crippen LogP contribution in [0.2, 0.25) is 0 Å². The van der Waals surface area contributed by atoms with Crippen molar-refractivity contribution in [2.24, 2.45) is 5.41 Å². The third-order valence-electron chi connectivity index (χ3n) is 4.47. The van der Waals surface area contributed by atoms with Gasteiger partial charge in [-0.3, -0.25) is 0 Å². The smallest absolute Gasteiger partial charge is 0.182 e. The molecule has 1 aliphatic heterocycles. The van der Waals surface area contributed by atoms with Gasteiger partial charge in [0, 0.05) is 17.6 Å². The molecule has 1 aromatic rings. The summed E-state index contributed by atoms with van der Waals surface area (Å²) in [5.41, 5.74) is 0.673. The second kappa shape index (κ2) is 4.94. The highest BCUT2D eigenvalue weighted by Crippen LogP contribution is 2.43. The van der Waals surface area contributed by atoms with Crippen LogP contribution in [0.3, 0.4) is 0 Å². The summed E-state index contributed by atoms with van der Waals surface area (Å²) in [4.78, 5) is 4.31. The minimum absolute atomic E-state index is 0.654. The molecule has 1 aromatic heterocycles. The Labute approximate surface area is 107 Å². The lowest BCUT2D eigenvalue weighted by atomic mass is 9.67. The Morgan fingerprint density at radius 2 is 2.00 bits per heavy atom. The van der Waals surface area contributed by atoms with Gasteiger partial charge in [-0.1, -0.05) is 0 Å². The largest absolute Gasteiger partial charge is 0.359 e. The first kappa shape index (κ1) is 11.5. The number of thiazole rings is 1. The summed E-state index contributed by atoms with van der Waals surface area (Å²) in [6.07, 6.45) is 10.1. The van der Waals surface area contributed by atoms with E-state index in [-0.39, 0.29) is 0 Å². The Hall–Kier alpha value is -0.610. The number of aromatic nitrogens is 1. The molecule has 2 heterocycles. The van der Waals surface area contributed by atoms with E-state index >= 15 is 0 Å². The maximum absolute atomic E-state index is 4.31. The lowest BCUT2D eigenvalue weighted by Crippen LogP contribution is -2.41. The van der Waals surface area contributed by atoms with Gasteiger partial charge in [-0.2, -0.15) is 0 Å². The van der Waals surface area contributed by atoms with Gasteiger partial charge in [0.15, 0.2) is 5.13 Å². The van der Waals surface area contributed by atoms with Crippen LogP contribution in [0.1, 0.15) is 38.5 Å². The number of rotatable bonds is 2. The fraction of sp³-hybridized carbons (Fsp3) is 0.769. The molecule has 1 aliphatic carbocycles. The van der Waals surface area contributed by atoms with Crippen LogP contribution in [-0.4, -0.2) is 24.1 Å². The van der Waals surface area contributed by atoms with Gasteiger partial charge in [-0.05, 0) is 57.0 Å². The van der Waals surface area contributed by atoms with Crippen molar-refractivity contribution in [3.63, 3.8) is 0 Å². The molecule has 2 aliphatic rings. The summed E-state index contributed by atoms with van der Waals surface area (Å²) in [6.45, 7) is 2.45. The molecule has 0 atom stereocenters. The minimum Gasteiger partial charge on any atom is -0.359 e. The SMILES string of the molecule is c1csc(NC2CCC3(CCNCC3)CC2)n1. The lowest BCUT2D eigenvalue weighted by molar-refractivity contribution is 0.128. The van der Waals surface area contributed by atoms with Crippen molar-refractivity contribution in [2.75, 3.05) is 18.4 Å². The highest BCUT2D eigenvalue weighted by Gasteiger charge is 2.36. The Balaban J connectivity index is 1.53. The molecule has 17 heavy (non-hydrogen) atoms. The molecule has 4 heteroatoms. The molecule has 94 valence electrons. The fourth-order valence-electron chi connectivity index (χ4n) is 3.30. The number of nitrogens with zero attached hydrogens (tertiary/aromatic N) is 1. The molecule has 3 nitrogen and oxygen atoms in total. The van der Waals surface area contributed by atoms with E-state index < -0.39 is 0 Å². The zero-order valence-corrected chi connectivity index (χ0v) is 11.1. The number of anilines is 1. The van der Waals surface area contributed by atoms with Crippen LogP contribution in [0.25, 0.3) is 0 Å². The van der Waals surface area contributed by atoms with Gasteiger partial charge in [0.1, 0.15) is 0 Å². The zero-order chi connectivity index (χ0) is 11.6. The van der Waals surface area contributed by atoms with Crippen LogP contribution in [0.4, 0.5) is 5.13 Å². The standard InChI is InChI=1S/C13H21N3S/c1-3-13(5-7-14-8-6-13)4-2-11(1)16-12-15-9-10-17-12/h9-11,14H,1-8H2,(H,15,16). The monoisotopic (exact) mass is 251 g/mol. The molecule has 0 bridgehead atoms. The maximum atomic E-state index is 4.31. The summed E-state index contributed by atoms with van der Waals surface area (Å²) in [7, 11) is 0. The van der Waals surface area contributed by atoms with E-state index in [9.17, 15) is 0 Å². The number of nitrogens with one attached hydrogen (secondary N) is 2. The number of piperidine rings is 1. The van der Waals surface area contributed by atoms with Crippen molar-refractivity contribution >= 4 is 16.5 Å². The number of hydrogen-bond acceptors (Lipinski definition) is 4. The quantitative estimate of drug-likeness (QED) is 0.848. The summed E-state index contributed by atoms with van der Waals surface area (Å²) in [5.74, 6) is 0. The Morgan fingerprint density at radius 3 is 2.65 bits per heavy atom. The molecular weight excluding hydrogens is 230 g/mol. The first-order chi connectivity index (χ1) is 8.36. The summed E-state index contributed by atoms with van der Waals surface area (Å²) in [5, 5.41) is 10.2. The molecule has 0 amide bonds. The molecule has 3 rings (SSSR count). The van der Waals surface area contributed by atoms with Crippen LogP contribution >= 0.6 is 11.3 Å². The predicted octanol–water partition coefficient (Wildman–Crippen LogP) is 2.87. The lowest BCUT2D eigenvalue weighted by Gasteiger charge is -2.43. The van der Waals surface area contributed by atoms with Crippen LogP contribution in [-0.2, 0) is 0 Å². The summed E-state index contributed by atoms with van der Waals surface area (Å²) >= 11 is 1.71. The first-order valence-corrected chi connectivity index (χ1v) is 7.61. The van der Waals surface area contributed by atoms with Crippen molar-refractivity contribution in [3.8, 4) is 0 Å². The molecule has 0 radical (unpaired) electrons. The van der Waals surface area contributed by atoms with E-state index in [0.29, 0.717) is 11.5 Å². The highest BCUT2D eigenvalue weighted by molar-refractivity contribution is 7.13. The first-order valence-electron chi connectivity index (χ1n) is 6.73. The van der Waals surface area contributed by atoms with Gasteiger partial charge in [0.05, 0.1) is 0 Å². The molecule has 1 spiro atoms. The molecule has 1 saturated carbocycles. The van der Waals surface area contributed by atoms with E-state index in [1.165, 1.54) is 51.6 Å². The third-order valence-corrected chi connectivity index (χ3v) is 5.17. The second-order valence-corrected chi connectivity index (χ2v) is 6.40. The Morgan fingerprint density at radius 1 is 1.24 bits per heavy atom. The van der Waals surface area contributed by atoms with Crippen molar-refractivity contribution in [2.45, 2.75) is 44.6 Å². The van der Waals surface area contributed by atoms with Crippen molar-refractivity contribution in [1.29, 1.82) is 0 Å². The van der Waals surface area contributed by atoms with Crippen molar-refractivity contribution in [3.05, 3.63) is 11.6 Å². The van der Waals surface area contributed by atoms with Gasteiger partial charge < -0.3 is 10.6 Å². The minimum atomic E-state index is 0.654. The summed E-state index contributed by atoms with van der Waals surface area (Å²) < 4.78 is 0. The molecule has 1 saturated heterocycles. The van der Waals surface area contributed by atoms with Gasteiger partial charge in [0.2, 0.25) is 0 Å². The van der Waals surface area contributed by atoms with E-state index in [4.69, 9.17) is 0 Å². The average molecular weight is 251 g/mol. The third kappa shape index (κ3) is 2.63. The topological polar surface area (TPSA) is 37.0 Å². The molecule has 0 aromatic carbocycles. The van der Waals surface area contributed by atoms with Gasteiger partial charge in [0.25, 0.3) is 0 Å². The van der Waals surface area contributed by atoms with Crippen molar-refractivity contribution < 1.29 is 0 Å². The summed E-state index contributed by atoms with van der Waals surface area (Å²) in [6, 6.07) is 0.654. The van der Waals surface area contributed by atoms with Crippen LogP contribution in [0.5, 0.6) is 0 Å². The molecule has 2 fully saturated rings. The molecule has 2 N–H and O–H groups in total. The average Bonchev–Trinajstić information content (AvgIpc) is 2.87. The van der Waals surface area contributed by atoms with Gasteiger partial charge in [-0.25, -0.2) is 4.98 Å². The zero-order valence-electron chi connectivity index (χ0n) is 10.2. The van der Waals surface area contributed by atoms with E-state index in [2.05, 4.69) is 15.6 Å². The van der Waals surface area contributed by atoms with Crippen LogP contribution in [0, 0.1) is 5.41 Å². The van der Waals surface area contributed by atoms with Gasteiger partial charge in [-0.15, -0.1) is 11.3 Å². The Kier molecular flexibility index (Phi) is 3.34. The predicted molar refractivity (Wildman–Crippen MR) is 72.5 cm³/mol. The van der Waals surface area contributed by atoms with Gasteiger partial charge >= 0.3 is 0 Å². The Bertz CT molecular complexity index is 334. The van der Waals surface area contributed by atoms with Crippen LogP contribution in [0.15, 0.2) is 11.6 Å². The van der Waals surface area contributed by atoms with Crippen molar-refractivity contribution in [1.82, 2.24) is 10.3 Å². The van der Waals surface area contributed by atoms with E-state index in [1.807, 2.05) is 11.6 Å². The molecule has 0 unspecified atom stereocenters. The highest BCUT2D eigenvalue weighted by atomic mass is 32.1. The van der Waals surface area contributed by atoms with E-state index in [0.717, 1.165) is 5.13 Å². The maximum Gasteiger partial charge on any atom is 0.182 e. The van der Waals surface area contributed by atoms with Crippen LogP contribution < -0.4 is 10.6 Å².